The molecular formula is C18H19N3. The maximum atomic E-state index is 6.28. The molecule has 21 heavy (non-hydrogen) atoms. The Kier molecular flexibility index (Phi) is 3.26. The molecule has 0 aliphatic heterocycles. The van der Waals surface area contributed by atoms with Crippen LogP contribution in [-0.2, 0) is 7.05 Å². The predicted molar refractivity (Wildman–Crippen MR) is 88.0 cm³/mol. The van der Waals surface area contributed by atoms with Crippen molar-refractivity contribution in [2.24, 2.45) is 7.05 Å². The van der Waals surface area contributed by atoms with E-state index in [0.717, 1.165) is 22.4 Å². The van der Waals surface area contributed by atoms with Crippen molar-refractivity contribution in [3.8, 4) is 22.4 Å². The number of hydrogen-bond donors (Lipinski definition) is 1. The van der Waals surface area contributed by atoms with Crippen molar-refractivity contribution in [3.05, 3.63) is 59.7 Å². The fourth-order valence-electron chi connectivity index (χ4n) is 2.65. The highest BCUT2D eigenvalue weighted by atomic mass is 15.3. The van der Waals surface area contributed by atoms with Gasteiger partial charge in [0.05, 0.1) is 5.56 Å². The summed E-state index contributed by atoms with van der Waals surface area (Å²) in [5.74, 6) is 0.695. The first-order valence-corrected chi connectivity index (χ1v) is 7.03. The van der Waals surface area contributed by atoms with Crippen molar-refractivity contribution >= 4 is 5.82 Å². The van der Waals surface area contributed by atoms with Crippen molar-refractivity contribution in [2.45, 2.75) is 13.8 Å². The Labute approximate surface area is 125 Å². The number of rotatable bonds is 2. The Morgan fingerprint density at radius 2 is 1.76 bits per heavy atom. The maximum Gasteiger partial charge on any atom is 0.129 e. The third kappa shape index (κ3) is 2.31. The largest absolute Gasteiger partial charge is 0.383 e. The van der Waals surface area contributed by atoms with Gasteiger partial charge in [-0.15, -0.1) is 0 Å². The van der Waals surface area contributed by atoms with Gasteiger partial charge in [0, 0.05) is 12.6 Å². The lowest BCUT2D eigenvalue weighted by Gasteiger charge is -2.08. The van der Waals surface area contributed by atoms with Crippen LogP contribution in [0.5, 0.6) is 0 Å². The van der Waals surface area contributed by atoms with E-state index in [-0.39, 0.29) is 0 Å². The molecule has 0 fully saturated rings. The summed E-state index contributed by atoms with van der Waals surface area (Å²) >= 11 is 0. The highest BCUT2D eigenvalue weighted by Gasteiger charge is 2.18. The summed E-state index contributed by atoms with van der Waals surface area (Å²) in [6.07, 6.45) is 0. The molecule has 0 amide bonds. The third-order valence-electron chi connectivity index (χ3n) is 3.80. The van der Waals surface area contributed by atoms with Gasteiger partial charge in [0.25, 0.3) is 0 Å². The normalized spacial score (nSPS) is 10.8. The smallest absolute Gasteiger partial charge is 0.129 e. The van der Waals surface area contributed by atoms with Crippen LogP contribution >= 0.6 is 0 Å². The van der Waals surface area contributed by atoms with Gasteiger partial charge < -0.3 is 5.73 Å². The molecule has 0 saturated carbocycles. The minimum atomic E-state index is 0.695. The number of nitrogen functional groups attached to an aromatic ring is 1. The van der Waals surface area contributed by atoms with Gasteiger partial charge in [-0.1, -0.05) is 48.0 Å². The zero-order chi connectivity index (χ0) is 15.0. The lowest BCUT2D eigenvalue weighted by atomic mass is 9.96. The monoisotopic (exact) mass is 277 g/mol. The van der Waals surface area contributed by atoms with Crippen LogP contribution in [0, 0.1) is 13.8 Å². The average Bonchev–Trinajstić information content (AvgIpc) is 2.76. The number of nitrogens with two attached hydrogens (primary N) is 1. The van der Waals surface area contributed by atoms with E-state index in [1.54, 1.807) is 4.68 Å². The molecule has 0 radical (unpaired) electrons. The van der Waals surface area contributed by atoms with Crippen molar-refractivity contribution in [1.82, 2.24) is 9.78 Å². The van der Waals surface area contributed by atoms with E-state index < -0.39 is 0 Å². The second kappa shape index (κ2) is 5.09. The van der Waals surface area contributed by atoms with Crippen LogP contribution in [-0.4, -0.2) is 9.78 Å². The number of benzene rings is 2. The Balaban J connectivity index is 2.29. The van der Waals surface area contributed by atoms with Gasteiger partial charge in [-0.2, -0.15) is 5.10 Å². The molecule has 3 heteroatoms. The van der Waals surface area contributed by atoms with E-state index in [9.17, 15) is 0 Å². The summed E-state index contributed by atoms with van der Waals surface area (Å²) in [7, 11) is 1.89. The maximum absolute atomic E-state index is 6.28. The van der Waals surface area contributed by atoms with E-state index in [4.69, 9.17) is 5.73 Å². The summed E-state index contributed by atoms with van der Waals surface area (Å²) in [6.45, 7) is 4.19. The highest BCUT2D eigenvalue weighted by molar-refractivity contribution is 5.89. The molecule has 3 aromatic rings. The van der Waals surface area contributed by atoms with Crippen LogP contribution in [0.25, 0.3) is 22.4 Å². The average molecular weight is 277 g/mol. The molecule has 2 aromatic carbocycles. The standard InChI is InChI=1S/C18H19N3/c1-12-7-6-9-14(11-12)17-16(18(19)21(3)20-17)15-10-5-4-8-13(15)2/h4-11H,19H2,1-3H3. The molecule has 1 aromatic heterocycles. The first-order valence-electron chi connectivity index (χ1n) is 7.03. The number of hydrogen-bond acceptors (Lipinski definition) is 2. The number of aromatic nitrogens is 2. The Morgan fingerprint density at radius 1 is 1.00 bits per heavy atom. The van der Waals surface area contributed by atoms with Crippen LogP contribution in [0.4, 0.5) is 5.82 Å². The Hall–Kier alpha value is -2.55. The molecule has 0 aliphatic rings. The van der Waals surface area contributed by atoms with Crippen LogP contribution in [0.15, 0.2) is 48.5 Å². The molecule has 0 unspecified atom stereocenters. The van der Waals surface area contributed by atoms with Crippen LogP contribution in [0.1, 0.15) is 11.1 Å². The zero-order valence-corrected chi connectivity index (χ0v) is 12.6. The number of aryl methyl sites for hydroxylation is 3. The molecule has 3 nitrogen and oxygen atoms in total. The van der Waals surface area contributed by atoms with Crippen molar-refractivity contribution < 1.29 is 0 Å². The SMILES string of the molecule is Cc1cccc(-c2nn(C)c(N)c2-c2ccccc2C)c1. The fraction of sp³-hybridized carbons (Fsp3) is 0.167. The predicted octanol–water partition coefficient (Wildman–Crippen LogP) is 3.95. The molecule has 0 spiro atoms. The molecule has 106 valence electrons. The zero-order valence-electron chi connectivity index (χ0n) is 12.6. The second-order valence-corrected chi connectivity index (χ2v) is 5.42. The van der Waals surface area contributed by atoms with Gasteiger partial charge in [-0.25, -0.2) is 0 Å². The van der Waals surface area contributed by atoms with E-state index in [1.807, 2.05) is 19.2 Å². The summed E-state index contributed by atoms with van der Waals surface area (Å²) < 4.78 is 1.75. The topological polar surface area (TPSA) is 43.8 Å². The highest BCUT2D eigenvalue weighted by Crippen LogP contribution is 2.37. The minimum Gasteiger partial charge on any atom is -0.383 e. The molecule has 0 aliphatic carbocycles. The number of anilines is 1. The fourth-order valence-corrected chi connectivity index (χ4v) is 2.65. The van der Waals surface area contributed by atoms with Crippen molar-refractivity contribution in [3.63, 3.8) is 0 Å². The lowest BCUT2D eigenvalue weighted by Crippen LogP contribution is -1.98. The van der Waals surface area contributed by atoms with E-state index in [0.29, 0.717) is 5.82 Å². The first kappa shape index (κ1) is 13.4. The molecule has 0 saturated heterocycles. The summed E-state index contributed by atoms with van der Waals surface area (Å²) in [6, 6.07) is 16.6. The van der Waals surface area contributed by atoms with Gasteiger partial charge in [0.1, 0.15) is 11.5 Å². The Morgan fingerprint density at radius 3 is 2.48 bits per heavy atom. The second-order valence-electron chi connectivity index (χ2n) is 5.42. The molecule has 2 N–H and O–H groups in total. The van der Waals surface area contributed by atoms with E-state index in [2.05, 4.69) is 55.3 Å². The minimum absolute atomic E-state index is 0.695. The lowest BCUT2D eigenvalue weighted by molar-refractivity contribution is 0.782. The summed E-state index contributed by atoms with van der Waals surface area (Å²) in [4.78, 5) is 0. The van der Waals surface area contributed by atoms with Gasteiger partial charge in [-0.3, -0.25) is 4.68 Å². The Bertz CT molecular complexity index is 800. The van der Waals surface area contributed by atoms with Gasteiger partial charge in [0.2, 0.25) is 0 Å². The molecule has 1 heterocycles. The van der Waals surface area contributed by atoms with Crippen molar-refractivity contribution in [2.75, 3.05) is 5.73 Å². The molecule has 0 atom stereocenters. The quantitative estimate of drug-likeness (QED) is 0.770. The molecular weight excluding hydrogens is 258 g/mol. The van der Waals surface area contributed by atoms with Crippen molar-refractivity contribution in [1.29, 1.82) is 0 Å². The number of nitrogens with zero attached hydrogens (tertiary/aromatic N) is 2. The summed E-state index contributed by atoms with van der Waals surface area (Å²) in [5, 5.41) is 4.63. The summed E-state index contributed by atoms with van der Waals surface area (Å²) in [5.41, 5.74) is 12.9. The third-order valence-corrected chi connectivity index (χ3v) is 3.80. The van der Waals surface area contributed by atoms with Gasteiger partial charge >= 0.3 is 0 Å². The van der Waals surface area contributed by atoms with E-state index >= 15 is 0 Å². The molecule has 3 rings (SSSR count). The van der Waals surface area contributed by atoms with Crippen LogP contribution in [0.2, 0.25) is 0 Å². The van der Waals surface area contributed by atoms with Crippen LogP contribution in [0.3, 0.4) is 0 Å². The first-order chi connectivity index (χ1) is 10.1. The van der Waals surface area contributed by atoms with Gasteiger partial charge in [0.15, 0.2) is 0 Å². The van der Waals surface area contributed by atoms with Crippen LogP contribution < -0.4 is 5.73 Å². The van der Waals surface area contributed by atoms with Gasteiger partial charge in [-0.05, 0) is 31.0 Å². The molecule has 0 bridgehead atoms. The van der Waals surface area contributed by atoms with E-state index in [1.165, 1.54) is 11.1 Å².